The van der Waals surface area contributed by atoms with Gasteiger partial charge in [-0.2, -0.15) is 0 Å². The topological polar surface area (TPSA) is 24.9 Å². The molecule has 0 spiro atoms. The van der Waals surface area contributed by atoms with Crippen molar-refractivity contribution in [2.45, 2.75) is 25.4 Å². The monoisotopic (exact) mass is 420 g/mol. The number of allylic oxidation sites excluding steroid dienone is 2. The van der Waals surface area contributed by atoms with Crippen LogP contribution in [0.5, 0.6) is 5.75 Å². The van der Waals surface area contributed by atoms with E-state index in [9.17, 15) is 0 Å². The predicted molar refractivity (Wildman–Crippen MR) is 130 cm³/mol. The van der Waals surface area contributed by atoms with Crippen molar-refractivity contribution >= 4 is 5.69 Å². The van der Waals surface area contributed by atoms with Gasteiger partial charge < -0.3 is 14.4 Å². The summed E-state index contributed by atoms with van der Waals surface area (Å²) in [5, 5.41) is 0. The van der Waals surface area contributed by atoms with Crippen molar-refractivity contribution in [2.24, 2.45) is 0 Å². The second kappa shape index (κ2) is 11.7. The van der Waals surface area contributed by atoms with Gasteiger partial charge in [0.15, 0.2) is 0 Å². The lowest BCUT2D eigenvalue weighted by Crippen LogP contribution is -2.47. The molecular formula is C27H36N2O2. The number of hydrogen-bond acceptors (Lipinski definition) is 4. The standard InChI is InChI=1S/C23H30N2O2.C4H6/c1-18-17-27-23(22-6-4-3-5-21(18)22)11-12-24-13-15-25(16-14-24)19-7-9-20(26-2)10-8-19;1-3-4-2/h3-10,18,23H,11-17H2,1-2H3;3-4H,1-2H2. The molecule has 0 saturated carbocycles. The second-order valence-corrected chi connectivity index (χ2v) is 8.14. The van der Waals surface area contributed by atoms with Gasteiger partial charge in [-0.25, -0.2) is 0 Å². The van der Waals surface area contributed by atoms with E-state index in [0.717, 1.165) is 51.5 Å². The highest BCUT2D eigenvalue weighted by Crippen LogP contribution is 2.35. The summed E-state index contributed by atoms with van der Waals surface area (Å²) in [6.07, 6.45) is 4.60. The van der Waals surface area contributed by atoms with Gasteiger partial charge >= 0.3 is 0 Å². The van der Waals surface area contributed by atoms with Gasteiger partial charge in [0.2, 0.25) is 0 Å². The minimum absolute atomic E-state index is 0.247. The van der Waals surface area contributed by atoms with Gasteiger partial charge in [0.25, 0.3) is 0 Å². The largest absolute Gasteiger partial charge is 0.497 e. The van der Waals surface area contributed by atoms with Crippen molar-refractivity contribution in [2.75, 3.05) is 51.3 Å². The number of anilines is 1. The third kappa shape index (κ3) is 6.22. The average Bonchev–Trinajstić information content (AvgIpc) is 2.84. The van der Waals surface area contributed by atoms with Crippen molar-refractivity contribution < 1.29 is 9.47 Å². The third-order valence-corrected chi connectivity index (χ3v) is 6.11. The highest BCUT2D eigenvalue weighted by Gasteiger charge is 2.26. The molecule has 0 N–H and O–H groups in total. The summed E-state index contributed by atoms with van der Waals surface area (Å²) in [6.45, 7) is 15.3. The van der Waals surface area contributed by atoms with Crippen molar-refractivity contribution in [3.63, 3.8) is 0 Å². The zero-order valence-electron chi connectivity index (χ0n) is 19.0. The van der Waals surface area contributed by atoms with Crippen LogP contribution in [0.3, 0.4) is 0 Å². The van der Waals surface area contributed by atoms with Gasteiger partial charge in [-0.15, -0.1) is 0 Å². The summed E-state index contributed by atoms with van der Waals surface area (Å²) in [6, 6.07) is 17.2. The Morgan fingerprint density at radius 2 is 1.61 bits per heavy atom. The van der Waals surface area contributed by atoms with Gasteiger partial charge in [-0.3, -0.25) is 4.90 Å². The van der Waals surface area contributed by atoms with Crippen molar-refractivity contribution in [1.29, 1.82) is 0 Å². The SMILES string of the molecule is C=CC=C.COc1ccc(N2CCN(CCC3OCC(C)c4ccccc43)CC2)cc1. The lowest BCUT2D eigenvalue weighted by molar-refractivity contribution is 0.0183. The molecule has 4 rings (SSSR count). The Labute approximate surface area is 187 Å². The van der Waals surface area contributed by atoms with Crippen LogP contribution in [0.25, 0.3) is 0 Å². The van der Waals surface area contributed by atoms with Crippen LogP contribution in [0, 0.1) is 0 Å². The van der Waals surface area contributed by atoms with Gasteiger partial charge in [0.1, 0.15) is 5.75 Å². The predicted octanol–water partition coefficient (Wildman–Crippen LogP) is 5.44. The van der Waals surface area contributed by atoms with Crippen LogP contribution in [0.4, 0.5) is 5.69 Å². The van der Waals surface area contributed by atoms with E-state index in [1.165, 1.54) is 16.8 Å². The van der Waals surface area contributed by atoms with E-state index in [-0.39, 0.29) is 6.10 Å². The Bertz CT molecular complexity index is 819. The Morgan fingerprint density at radius 3 is 2.23 bits per heavy atom. The van der Waals surface area contributed by atoms with E-state index in [2.05, 4.69) is 66.3 Å². The van der Waals surface area contributed by atoms with Crippen molar-refractivity contribution in [1.82, 2.24) is 4.90 Å². The molecule has 2 atom stereocenters. The van der Waals surface area contributed by atoms with Crippen LogP contribution < -0.4 is 9.64 Å². The summed E-state index contributed by atoms with van der Waals surface area (Å²) in [7, 11) is 1.71. The lowest BCUT2D eigenvalue weighted by atomic mass is 9.89. The zero-order chi connectivity index (χ0) is 22.1. The molecular weight excluding hydrogens is 384 g/mol. The second-order valence-electron chi connectivity index (χ2n) is 8.14. The van der Waals surface area contributed by atoms with E-state index in [1.807, 2.05) is 12.1 Å². The van der Waals surface area contributed by atoms with Gasteiger partial charge in [0, 0.05) is 44.3 Å². The fourth-order valence-electron chi connectivity index (χ4n) is 4.25. The first-order chi connectivity index (χ1) is 15.2. The van der Waals surface area contributed by atoms with E-state index in [0.29, 0.717) is 5.92 Å². The Kier molecular flexibility index (Phi) is 8.74. The molecule has 31 heavy (non-hydrogen) atoms. The van der Waals surface area contributed by atoms with Gasteiger partial charge in [-0.05, 0) is 41.8 Å². The van der Waals surface area contributed by atoms with Crippen LogP contribution >= 0.6 is 0 Å². The molecule has 4 heteroatoms. The van der Waals surface area contributed by atoms with E-state index >= 15 is 0 Å². The van der Waals surface area contributed by atoms with E-state index < -0.39 is 0 Å². The summed E-state index contributed by atoms with van der Waals surface area (Å²) in [4.78, 5) is 5.04. The smallest absolute Gasteiger partial charge is 0.119 e. The fraction of sp³-hybridized carbons (Fsp3) is 0.407. The maximum absolute atomic E-state index is 6.17. The summed E-state index contributed by atoms with van der Waals surface area (Å²) < 4.78 is 11.4. The van der Waals surface area contributed by atoms with Crippen LogP contribution in [-0.2, 0) is 4.74 Å². The van der Waals surface area contributed by atoms with E-state index in [1.54, 1.807) is 19.3 Å². The molecule has 0 amide bonds. The average molecular weight is 421 g/mol. The quantitative estimate of drug-likeness (QED) is 0.581. The maximum atomic E-state index is 6.17. The molecule has 2 heterocycles. The molecule has 0 bridgehead atoms. The molecule has 2 aliphatic rings. The lowest BCUT2D eigenvalue weighted by Gasteiger charge is -2.37. The van der Waals surface area contributed by atoms with Crippen LogP contribution in [0.2, 0.25) is 0 Å². The van der Waals surface area contributed by atoms with Crippen molar-refractivity contribution in [3.05, 3.63) is 85.0 Å². The molecule has 4 nitrogen and oxygen atoms in total. The number of rotatable bonds is 6. The molecule has 0 aromatic heterocycles. The molecule has 2 aromatic rings. The maximum Gasteiger partial charge on any atom is 0.119 e. The van der Waals surface area contributed by atoms with Crippen molar-refractivity contribution in [3.8, 4) is 5.75 Å². The summed E-state index contributed by atoms with van der Waals surface area (Å²) >= 11 is 0. The fourth-order valence-corrected chi connectivity index (χ4v) is 4.25. The normalized spacial score (nSPS) is 20.8. The minimum atomic E-state index is 0.247. The number of nitrogens with zero attached hydrogens (tertiary/aromatic N) is 2. The highest BCUT2D eigenvalue weighted by molar-refractivity contribution is 5.49. The summed E-state index contributed by atoms with van der Waals surface area (Å²) in [5.41, 5.74) is 4.15. The number of fused-ring (bicyclic) bond motifs is 1. The first-order valence-electron chi connectivity index (χ1n) is 11.2. The molecule has 166 valence electrons. The Hall–Kier alpha value is -2.56. The van der Waals surface area contributed by atoms with Gasteiger partial charge in [0.05, 0.1) is 19.8 Å². The number of methoxy groups -OCH3 is 1. The zero-order valence-corrected chi connectivity index (χ0v) is 19.0. The van der Waals surface area contributed by atoms with Gasteiger partial charge in [-0.1, -0.05) is 56.5 Å². The molecule has 2 unspecified atom stereocenters. The molecule has 2 aliphatic heterocycles. The highest BCUT2D eigenvalue weighted by atomic mass is 16.5. The molecule has 1 fully saturated rings. The number of piperazine rings is 1. The minimum Gasteiger partial charge on any atom is -0.497 e. The molecule has 0 aliphatic carbocycles. The van der Waals surface area contributed by atoms with Crippen LogP contribution in [0.15, 0.2) is 73.8 Å². The molecule has 0 radical (unpaired) electrons. The molecule has 2 aromatic carbocycles. The van der Waals surface area contributed by atoms with Crippen LogP contribution in [-0.4, -0.2) is 51.3 Å². The molecule has 1 saturated heterocycles. The summed E-state index contributed by atoms with van der Waals surface area (Å²) in [5.74, 6) is 1.42. The Morgan fingerprint density at radius 1 is 0.968 bits per heavy atom. The number of hydrogen-bond donors (Lipinski definition) is 0. The first kappa shape index (κ1) is 23.1. The third-order valence-electron chi connectivity index (χ3n) is 6.11. The first-order valence-corrected chi connectivity index (χ1v) is 11.2. The van der Waals surface area contributed by atoms with Crippen LogP contribution in [0.1, 0.15) is 36.5 Å². The van der Waals surface area contributed by atoms with E-state index in [4.69, 9.17) is 9.47 Å². The number of ether oxygens (including phenoxy) is 2. The number of benzene rings is 2. The Balaban J connectivity index is 0.000000628.